The maximum atomic E-state index is 11.7. The summed E-state index contributed by atoms with van der Waals surface area (Å²) in [7, 11) is 0. The largest absolute Gasteiger partial charge is 0.463 e. The predicted octanol–water partition coefficient (Wildman–Crippen LogP) is 2.19. The van der Waals surface area contributed by atoms with Crippen molar-refractivity contribution in [1.29, 1.82) is 0 Å². The number of nitrogens with one attached hydrogen (secondary N) is 2. The first-order valence-corrected chi connectivity index (χ1v) is 7.29. The summed E-state index contributed by atoms with van der Waals surface area (Å²) in [5, 5.41) is 5.13. The Bertz CT molecular complexity index is 523. The molecule has 0 unspecified atom stereocenters. The summed E-state index contributed by atoms with van der Waals surface area (Å²) in [6.45, 7) is 9.58. The minimum absolute atomic E-state index is 0.128. The van der Waals surface area contributed by atoms with Crippen molar-refractivity contribution in [3.63, 3.8) is 0 Å². The van der Waals surface area contributed by atoms with Gasteiger partial charge in [-0.2, -0.15) is 0 Å². The number of nitrogens with zero attached hydrogens (tertiary/aromatic N) is 2. The van der Waals surface area contributed by atoms with Crippen LogP contribution >= 0.6 is 0 Å². The highest BCUT2D eigenvalue weighted by Gasteiger charge is 2.26. The van der Waals surface area contributed by atoms with Crippen LogP contribution in [0.5, 0.6) is 0 Å². The first-order chi connectivity index (χ1) is 10.2. The molecule has 0 aliphatic carbocycles. The second kappa shape index (κ2) is 7.72. The molecule has 2 N–H and O–H groups in total. The number of carbonyl (C=O) groups is 2. The van der Waals surface area contributed by atoms with E-state index in [4.69, 9.17) is 4.74 Å². The molecule has 7 nitrogen and oxygen atoms in total. The van der Waals surface area contributed by atoms with E-state index in [9.17, 15) is 9.59 Å². The maximum Gasteiger partial charge on any atom is 0.321 e. The molecule has 122 valence electrons. The van der Waals surface area contributed by atoms with E-state index < -0.39 is 11.4 Å². The van der Waals surface area contributed by atoms with Gasteiger partial charge in [0.15, 0.2) is 0 Å². The van der Waals surface area contributed by atoms with Crippen LogP contribution in [0.1, 0.15) is 38.6 Å². The summed E-state index contributed by atoms with van der Waals surface area (Å²) in [6.07, 6.45) is 0.698. The number of amides is 2. The minimum atomic E-state index is -0.505. The van der Waals surface area contributed by atoms with Crippen LogP contribution in [0.25, 0.3) is 0 Å². The van der Waals surface area contributed by atoms with E-state index in [0.29, 0.717) is 6.42 Å². The average Bonchev–Trinajstić information content (AvgIpc) is 2.42. The van der Waals surface area contributed by atoms with Gasteiger partial charge in [-0.1, -0.05) is 6.92 Å². The molecule has 0 atom stereocenters. The molecule has 1 aromatic heterocycles. The first kappa shape index (κ1) is 17.9. The number of carbonyl (C=O) groups excluding carboxylic acids is 2. The van der Waals surface area contributed by atoms with Gasteiger partial charge >= 0.3 is 12.0 Å². The summed E-state index contributed by atoms with van der Waals surface area (Å²) in [5.74, 6) is -0.0195. The fourth-order valence-electron chi connectivity index (χ4n) is 1.58. The quantitative estimate of drug-likeness (QED) is 0.620. The lowest BCUT2D eigenvalue weighted by Crippen LogP contribution is -2.34. The van der Waals surface area contributed by atoms with Crippen molar-refractivity contribution in [1.82, 2.24) is 15.3 Å². The Balaban J connectivity index is 2.34. The lowest BCUT2D eigenvalue weighted by molar-refractivity contribution is -0.153. The fraction of sp³-hybridized carbons (Fsp3) is 0.600. The highest BCUT2D eigenvalue weighted by atomic mass is 16.5. The second-order valence-corrected chi connectivity index (χ2v) is 5.73. The fourth-order valence-corrected chi connectivity index (χ4v) is 1.58. The van der Waals surface area contributed by atoms with Crippen LogP contribution in [0, 0.1) is 19.3 Å². The molecule has 0 aliphatic rings. The highest BCUT2D eigenvalue weighted by Crippen LogP contribution is 2.21. The van der Waals surface area contributed by atoms with E-state index in [2.05, 4.69) is 20.6 Å². The molecule has 1 aromatic rings. The van der Waals surface area contributed by atoms with Gasteiger partial charge in [-0.25, -0.2) is 14.8 Å². The maximum absolute atomic E-state index is 11.7. The third-order valence-electron chi connectivity index (χ3n) is 3.26. The van der Waals surface area contributed by atoms with E-state index in [1.165, 1.54) is 0 Å². The highest BCUT2D eigenvalue weighted by molar-refractivity contribution is 5.87. The van der Waals surface area contributed by atoms with Crippen molar-refractivity contribution in [2.24, 2.45) is 5.41 Å². The molecule has 1 rings (SSSR count). The minimum Gasteiger partial charge on any atom is -0.463 e. The zero-order valence-corrected chi connectivity index (χ0v) is 13.8. The molecule has 22 heavy (non-hydrogen) atoms. The summed E-state index contributed by atoms with van der Waals surface area (Å²) in [6, 6.07) is 1.38. The molecule has 0 fully saturated rings. The summed E-state index contributed by atoms with van der Waals surface area (Å²) in [4.78, 5) is 31.6. The van der Waals surface area contributed by atoms with E-state index in [-0.39, 0.29) is 25.1 Å². The molecule has 1 heterocycles. The molecule has 0 aromatic carbocycles. The van der Waals surface area contributed by atoms with Gasteiger partial charge in [0, 0.05) is 11.4 Å². The third kappa shape index (κ3) is 5.67. The van der Waals surface area contributed by atoms with Gasteiger partial charge in [0.2, 0.25) is 5.95 Å². The molecular weight excluding hydrogens is 284 g/mol. The number of rotatable bonds is 6. The second-order valence-electron chi connectivity index (χ2n) is 5.73. The smallest absolute Gasteiger partial charge is 0.321 e. The van der Waals surface area contributed by atoms with E-state index in [1.807, 2.05) is 40.7 Å². The molecule has 2 amide bonds. The van der Waals surface area contributed by atoms with Gasteiger partial charge in [-0.3, -0.25) is 10.1 Å². The predicted molar refractivity (Wildman–Crippen MR) is 83.6 cm³/mol. The Morgan fingerprint density at radius 1 is 1.23 bits per heavy atom. The van der Waals surface area contributed by atoms with Crippen molar-refractivity contribution in [3.8, 4) is 0 Å². The lowest BCUT2D eigenvalue weighted by atomic mass is 9.91. The van der Waals surface area contributed by atoms with Gasteiger partial charge in [0.05, 0.1) is 12.0 Å². The third-order valence-corrected chi connectivity index (χ3v) is 3.26. The zero-order chi connectivity index (χ0) is 16.8. The molecule has 0 aliphatic heterocycles. The van der Waals surface area contributed by atoms with Crippen LogP contribution in [0.15, 0.2) is 6.07 Å². The van der Waals surface area contributed by atoms with E-state index in [1.54, 1.807) is 0 Å². The van der Waals surface area contributed by atoms with Gasteiger partial charge in [0.1, 0.15) is 6.61 Å². The Labute approximate surface area is 130 Å². The Morgan fingerprint density at radius 3 is 2.36 bits per heavy atom. The van der Waals surface area contributed by atoms with Crippen molar-refractivity contribution in [3.05, 3.63) is 17.5 Å². The van der Waals surface area contributed by atoms with Crippen LogP contribution in [-0.2, 0) is 9.53 Å². The van der Waals surface area contributed by atoms with Gasteiger partial charge in [-0.05, 0) is 40.2 Å². The Hall–Kier alpha value is -2.18. The molecule has 0 radical (unpaired) electrons. The van der Waals surface area contributed by atoms with Crippen LogP contribution in [0.2, 0.25) is 0 Å². The summed E-state index contributed by atoms with van der Waals surface area (Å²) >= 11 is 0. The van der Waals surface area contributed by atoms with Crippen LogP contribution in [-0.4, -0.2) is 35.1 Å². The molecule has 0 bridgehead atoms. The van der Waals surface area contributed by atoms with Crippen LogP contribution in [0.4, 0.5) is 10.7 Å². The van der Waals surface area contributed by atoms with Crippen LogP contribution in [0.3, 0.4) is 0 Å². The number of hydrogen-bond acceptors (Lipinski definition) is 5. The molecule has 7 heteroatoms. The molecule has 0 saturated carbocycles. The number of hydrogen-bond donors (Lipinski definition) is 2. The number of aromatic nitrogens is 2. The number of urea groups is 1. The van der Waals surface area contributed by atoms with Gasteiger partial charge in [-0.15, -0.1) is 0 Å². The molecule has 0 saturated heterocycles. The SMILES string of the molecule is CCC(C)(C)C(=O)OCCNC(=O)Nc1nc(C)cc(C)n1. The number of aryl methyl sites for hydroxylation is 2. The van der Waals surface area contributed by atoms with Crippen LogP contribution < -0.4 is 10.6 Å². The number of ether oxygens (including phenoxy) is 1. The number of anilines is 1. The molecule has 0 spiro atoms. The summed E-state index contributed by atoms with van der Waals surface area (Å²) in [5.41, 5.74) is 1.05. The van der Waals surface area contributed by atoms with Crippen molar-refractivity contribution in [2.45, 2.75) is 41.0 Å². The van der Waals surface area contributed by atoms with Crippen molar-refractivity contribution < 1.29 is 14.3 Å². The van der Waals surface area contributed by atoms with E-state index in [0.717, 1.165) is 11.4 Å². The molecular formula is C15H24N4O3. The lowest BCUT2D eigenvalue weighted by Gasteiger charge is -2.20. The Morgan fingerprint density at radius 2 is 1.82 bits per heavy atom. The first-order valence-electron chi connectivity index (χ1n) is 7.29. The van der Waals surface area contributed by atoms with Gasteiger partial charge < -0.3 is 10.1 Å². The van der Waals surface area contributed by atoms with Crippen molar-refractivity contribution >= 4 is 17.9 Å². The average molecular weight is 308 g/mol. The monoisotopic (exact) mass is 308 g/mol. The zero-order valence-electron chi connectivity index (χ0n) is 13.8. The van der Waals surface area contributed by atoms with Gasteiger partial charge in [0.25, 0.3) is 0 Å². The summed E-state index contributed by atoms with van der Waals surface area (Å²) < 4.78 is 5.12. The topological polar surface area (TPSA) is 93.2 Å². The Kier molecular flexibility index (Phi) is 6.27. The number of esters is 1. The standard InChI is InChI=1S/C15H24N4O3/c1-6-15(4,5)12(20)22-8-7-16-14(21)19-13-17-10(2)9-11(3)18-13/h9H,6-8H2,1-5H3,(H2,16,17,18,19,21). The normalized spacial score (nSPS) is 11.0. The van der Waals surface area contributed by atoms with Crippen molar-refractivity contribution in [2.75, 3.05) is 18.5 Å². The van der Waals surface area contributed by atoms with E-state index >= 15 is 0 Å².